The standard InChI is InChI=1S/C7H11N3O2/c1-3-4-6-5-8-7(9(6)2)10(11)12/h5H,3-4H2,1-2H3. The van der Waals surface area contributed by atoms with Crippen LogP contribution in [0.2, 0.25) is 0 Å². The van der Waals surface area contributed by atoms with E-state index in [-0.39, 0.29) is 5.95 Å². The van der Waals surface area contributed by atoms with E-state index in [2.05, 4.69) is 4.98 Å². The Morgan fingerprint density at radius 2 is 2.42 bits per heavy atom. The number of hydrogen-bond acceptors (Lipinski definition) is 3. The van der Waals surface area contributed by atoms with Gasteiger partial charge in [-0.2, -0.15) is 0 Å². The molecule has 0 atom stereocenters. The molecule has 66 valence electrons. The maximum Gasteiger partial charge on any atom is 0.434 e. The van der Waals surface area contributed by atoms with Gasteiger partial charge in [0, 0.05) is 6.42 Å². The second kappa shape index (κ2) is 3.34. The molecule has 0 bridgehead atoms. The highest BCUT2D eigenvalue weighted by Gasteiger charge is 2.15. The summed E-state index contributed by atoms with van der Waals surface area (Å²) in [6, 6.07) is 0. The van der Waals surface area contributed by atoms with Gasteiger partial charge >= 0.3 is 5.95 Å². The molecule has 1 aromatic rings. The van der Waals surface area contributed by atoms with Crippen LogP contribution in [-0.2, 0) is 13.5 Å². The predicted octanol–water partition coefficient (Wildman–Crippen LogP) is 1.28. The highest BCUT2D eigenvalue weighted by atomic mass is 16.6. The van der Waals surface area contributed by atoms with Gasteiger partial charge in [0.1, 0.15) is 11.9 Å². The molecule has 0 saturated heterocycles. The van der Waals surface area contributed by atoms with Crippen LogP contribution in [-0.4, -0.2) is 14.5 Å². The molecule has 5 heteroatoms. The van der Waals surface area contributed by atoms with Crippen molar-refractivity contribution in [3.8, 4) is 0 Å². The second-order valence-corrected chi connectivity index (χ2v) is 2.62. The Balaban J connectivity index is 2.96. The minimum atomic E-state index is -0.473. The van der Waals surface area contributed by atoms with E-state index in [1.807, 2.05) is 6.92 Å². The predicted molar refractivity (Wildman–Crippen MR) is 43.9 cm³/mol. The van der Waals surface area contributed by atoms with Gasteiger partial charge in [0.15, 0.2) is 0 Å². The van der Waals surface area contributed by atoms with Gasteiger partial charge in [-0.25, -0.2) is 4.57 Å². The molecule has 0 aliphatic rings. The Morgan fingerprint density at radius 1 is 1.75 bits per heavy atom. The summed E-state index contributed by atoms with van der Waals surface area (Å²) < 4.78 is 1.52. The first-order chi connectivity index (χ1) is 5.66. The summed E-state index contributed by atoms with van der Waals surface area (Å²) in [7, 11) is 1.66. The first kappa shape index (κ1) is 8.70. The Bertz CT molecular complexity index is 293. The minimum Gasteiger partial charge on any atom is -0.390 e. The Kier molecular flexibility index (Phi) is 2.42. The van der Waals surface area contributed by atoms with Crippen molar-refractivity contribution < 1.29 is 4.92 Å². The molecule has 0 spiro atoms. The van der Waals surface area contributed by atoms with Gasteiger partial charge in [-0.3, -0.25) is 0 Å². The fourth-order valence-corrected chi connectivity index (χ4v) is 1.09. The van der Waals surface area contributed by atoms with Crippen LogP contribution >= 0.6 is 0 Å². The summed E-state index contributed by atoms with van der Waals surface area (Å²) in [5.41, 5.74) is 0.907. The summed E-state index contributed by atoms with van der Waals surface area (Å²) in [5, 5.41) is 10.4. The lowest BCUT2D eigenvalue weighted by atomic mass is 10.3. The monoisotopic (exact) mass is 169 g/mol. The molecular formula is C7H11N3O2. The van der Waals surface area contributed by atoms with E-state index in [0.717, 1.165) is 18.5 Å². The third-order valence-electron chi connectivity index (χ3n) is 1.73. The van der Waals surface area contributed by atoms with Crippen molar-refractivity contribution in [2.45, 2.75) is 19.8 Å². The lowest BCUT2D eigenvalue weighted by Gasteiger charge is -1.96. The average Bonchev–Trinajstić information content (AvgIpc) is 2.34. The molecular weight excluding hydrogens is 158 g/mol. The molecule has 0 saturated carbocycles. The lowest BCUT2D eigenvalue weighted by Crippen LogP contribution is -2.01. The van der Waals surface area contributed by atoms with E-state index in [1.54, 1.807) is 13.2 Å². The number of imidazole rings is 1. The van der Waals surface area contributed by atoms with Crippen LogP contribution in [0.5, 0.6) is 0 Å². The topological polar surface area (TPSA) is 61.0 Å². The van der Waals surface area contributed by atoms with Crippen LogP contribution in [0.3, 0.4) is 0 Å². The van der Waals surface area contributed by atoms with Crippen LogP contribution in [0.4, 0.5) is 5.95 Å². The van der Waals surface area contributed by atoms with Crippen molar-refractivity contribution in [3.05, 3.63) is 22.0 Å². The maximum atomic E-state index is 10.4. The lowest BCUT2D eigenvalue weighted by molar-refractivity contribution is -0.396. The third kappa shape index (κ3) is 1.44. The number of aromatic nitrogens is 2. The zero-order valence-electron chi connectivity index (χ0n) is 7.15. The quantitative estimate of drug-likeness (QED) is 0.505. The van der Waals surface area contributed by atoms with Crippen molar-refractivity contribution in [3.63, 3.8) is 0 Å². The maximum absolute atomic E-state index is 10.4. The van der Waals surface area contributed by atoms with Gasteiger partial charge in [0.25, 0.3) is 0 Å². The van der Waals surface area contributed by atoms with Gasteiger partial charge < -0.3 is 10.1 Å². The second-order valence-electron chi connectivity index (χ2n) is 2.62. The van der Waals surface area contributed by atoms with Gasteiger partial charge in [0.2, 0.25) is 0 Å². The Morgan fingerprint density at radius 3 is 2.83 bits per heavy atom. The first-order valence-electron chi connectivity index (χ1n) is 3.81. The largest absolute Gasteiger partial charge is 0.434 e. The molecule has 0 unspecified atom stereocenters. The van der Waals surface area contributed by atoms with Crippen LogP contribution in [0.1, 0.15) is 19.0 Å². The fourth-order valence-electron chi connectivity index (χ4n) is 1.09. The number of aryl methyl sites for hydroxylation is 1. The zero-order chi connectivity index (χ0) is 9.14. The normalized spacial score (nSPS) is 10.2. The molecule has 12 heavy (non-hydrogen) atoms. The zero-order valence-corrected chi connectivity index (χ0v) is 7.15. The summed E-state index contributed by atoms with van der Waals surface area (Å²) in [6.45, 7) is 2.03. The average molecular weight is 169 g/mol. The van der Waals surface area contributed by atoms with Gasteiger partial charge in [-0.15, -0.1) is 0 Å². The van der Waals surface area contributed by atoms with E-state index >= 15 is 0 Å². The van der Waals surface area contributed by atoms with Crippen molar-refractivity contribution in [1.29, 1.82) is 0 Å². The van der Waals surface area contributed by atoms with Crippen molar-refractivity contribution >= 4 is 5.95 Å². The van der Waals surface area contributed by atoms with Crippen molar-refractivity contribution in [2.75, 3.05) is 0 Å². The minimum absolute atomic E-state index is 0.0848. The molecule has 0 aromatic carbocycles. The van der Waals surface area contributed by atoms with Gasteiger partial charge in [-0.1, -0.05) is 11.9 Å². The van der Waals surface area contributed by atoms with E-state index in [9.17, 15) is 10.1 Å². The summed E-state index contributed by atoms with van der Waals surface area (Å²) in [4.78, 5) is 13.6. The number of nitrogens with zero attached hydrogens (tertiary/aromatic N) is 3. The molecule has 0 aliphatic carbocycles. The molecule has 0 aliphatic heterocycles. The molecule has 0 radical (unpaired) electrons. The first-order valence-corrected chi connectivity index (χ1v) is 3.81. The van der Waals surface area contributed by atoms with E-state index in [0.29, 0.717) is 0 Å². The summed E-state index contributed by atoms with van der Waals surface area (Å²) in [6.07, 6.45) is 3.36. The SMILES string of the molecule is CCCc1cnc([N+](=O)[O-])n1C. The van der Waals surface area contributed by atoms with Crippen LogP contribution in [0, 0.1) is 10.1 Å². The van der Waals surface area contributed by atoms with Crippen LogP contribution < -0.4 is 0 Å². The van der Waals surface area contributed by atoms with Crippen molar-refractivity contribution in [1.82, 2.24) is 9.55 Å². The molecule has 1 rings (SSSR count). The molecule has 0 amide bonds. The van der Waals surface area contributed by atoms with Crippen molar-refractivity contribution in [2.24, 2.45) is 7.05 Å². The fraction of sp³-hybridized carbons (Fsp3) is 0.571. The van der Waals surface area contributed by atoms with Gasteiger partial charge in [0.05, 0.1) is 7.05 Å². The Labute approximate surface area is 70.2 Å². The van der Waals surface area contributed by atoms with Crippen LogP contribution in [0.15, 0.2) is 6.20 Å². The summed E-state index contributed by atoms with van der Waals surface area (Å²) in [5.74, 6) is -0.0848. The Hall–Kier alpha value is -1.39. The molecule has 0 fully saturated rings. The van der Waals surface area contributed by atoms with Crippen LogP contribution in [0.25, 0.3) is 0 Å². The number of rotatable bonds is 3. The number of nitro groups is 1. The molecule has 5 nitrogen and oxygen atoms in total. The van der Waals surface area contributed by atoms with E-state index in [4.69, 9.17) is 0 Å². The molecule has 1 heterocycles. The highest BCUT2D eigenvalue weighted by molar-refractivity contribution is 5.14. The highest BCUT2D eigenvalue weighted by Crippen LogP contribution is 2.11. The summed E-state index contributed by atoms with van der Waals surface area (Å²) >= 11 is 0. The third-order valence-corrected chi connectivity index (χ3v) is 1.73. The number of hydrogen-bond donors (Lipinski definition) is 0. The van der Waals surface area contributed by atoms with E-state index in [1.165, 1.54) is 4.57 Å². The van der Waals surface area contributed by atoms with Gasteiger partial charge in [-0.05, 0) is 11.3 Å². The molecule has 1 aromatic heterocycles. The smallest absolute Gasteiger partial charge is 0.390 e. The van der Waals surface area contributed by atoms with E-state index < -0.39 is 4.92 Å². The molecule has 0 N–H and O–H groups in total.